The van der Waals surface area contributed by atoms with E-state index in [1.165, 1.54) is 12.1 Å². The number of piperidine rings is 1. The lowest BCUT2D eigenvalue weighted by atomic mass is 9.87. The second-order valence-corrected chi connectivity index (χ2v) is 9.42. The van der Waals surface area contributed by atoms with Crippen molar-refractivity contribution in [3.05, 3.63) is 51.7 Å². The van der Waals surface area contributed by atoms with E-state index in [-0.39, 0.29) is 29.1 Å². The number of halogens is 5. The van der Waals surface area contributed by atoms with E-state index in [0.717, 1.165) is 17.3 Å². The van der Waals surface area contributed by atoms with Crippen LogP contribution in [0.2, 0.25) is 5.28 Å². The maximum Gasteiger partial charge on any atom is 0.266 e. The molecule has 4 rings (SSSR count). The summed E-state index contributed by atoms with van der Waals surface area (Å²) in [6.07, 6.45) is -1.44. The predicted octanol–water partition coefficient (Wildman–Crippen LogP) is 5.39. The first kappa shape index (κ1) is 24.9. The number of aromatic nitrogens is 2. The minimum Gasteiger partial charge on any atom is -0.363 e. The van der Waals surface area contributed by atoms with Crippen molar-refractivity contribution < 1.29 is 22.4 Å². The number of hydrogen-bond donors (Lipinski definition) is 2. The van der Waals surface area contributed by atoms with E-state index < -0.39 is 35.9 Å². The third kappa shape index (κ3) is 5.35. The maximum atomic E-state index is 14.6. The number of fused-ring (bicyclic) bond motifs is 1. The first-order valence-electron chi connectivity index (χ1n) is 11.5. The molecular formula is C24H27ClF4N4O. The number of hydrogen-bond acceptors (Lipinski definition) is 5. The van der Waals surface area contributed by atoms with Crippen molar-refractivity contribution in [2.75, 3.05) is 18.4 Å². The molecule has 10 heteroatoms. The van der Waals surface area contributed by atoms with Gasteiger partial charge in [0.15, 0.2) is 0 Å². The molecule has 2 heterocycles. The standard InChI is InChI=1S/C24H27ClF4N4O/c1-12(14-3-2-4-16(21(14)27)22(28)29)31-23-17-9-13(10-19(17)32-24(25)33-23)5-6-20(34)15-7-8-30-11-18(15)26/h2-4,12-13,15,18,22,30H,5-11H2,1H3,(H,31,32,33)/t12-,13?,15?,18?/m1/s1. The second-order valence-electron chi connectivity index (χ2n) is 9.08. The molecule has 4 atom stereocenters. The van der Waals surface area contributed by atoms with Gasteiger partial charge in [-0.1, -0.05) is 18.2 Å². The molecule has 1 aromatic heterocycles. The molecule has 0 spiro atoms. The number of rotatable bonds is 8. The SMILES string of the molecule is C[C@@H](Nc1nc(Cl)nc2c1CC(CCC(=O)C1CCNCC1F)C2)c1cccc(C(F)F)c1F. The van der Waals surface area contributed by atoms with Crippen molar-refractivity contribution in [2.24, 2.45) is 11.8 Å². The minimum absolute atomic E-state index is 0.0296. The van der Waals surface area contributed by atoms with Gasteiger partial charge in [0.05, 0.1) is 23.2 Å². The van der Waals surface area contributed by atoms with Crippen LogP contribution in [0.5, 0.6) is 0 Å². The van der Waals surface area contributed by atoms with Crippen LogP contribution in [0, 0.1) is 17.7 Å². The van der Waals surface area contributed by atoms with E-state index in [1.807, 2.05) is 0 Å². The van der Waals surface area contributed by atoms with E-state index in [4.69, 9.17) is 11.6 Å². The molecule has 1 aliphatic heterocycles. The largest absolute Gasteiger partial charge is 0.363 e. The lowest BCUT2D eigenvalue weighted by Crippen LogP contribution is -2.41. The van der Waals surface area contributed by atoms with Crippen molar-refractivity contribution in [1.82, 2.24) is 15.3 Å². The fourth-order valence-electron chi connectivity index (χ4n) is 4.91. The Labute approximate surface area is 200 Å². The summed E-state index contributed by atoms with van der Waals surface area (Å²) in [7, 11) is 0. The van der Waals surface area contributed by atoms with E-state index in [0.29, 0.717) is 44.5 Å². The van der Waals surface area contributed by atoms with E-state index in [9.17, 15) is 22.4 Å². The highest BCUT2D eigenvalue weighted by Crippen LogP contribution is 2.36. The lowest BCUT2D eigenvalue weighted by molar-refractivity contribution is -0.126. The molecule has 5 nitrogen and oxygen atoms in total. The Morgan fingerprint density at radius 2 is 2.03 bits per heavy atom. The summed E-state index contributed by atoms with van der Waals surface area (Å²) in [5.41, 5.74) is 1.03. The van der Waals surface area contributed by atoms with E-state index in [2.05, 4.69) is 20.6 Å². The number of nitrogens with one attached hydrogen (secondary N) is 2. The molecule has 3 unspecified atom stereocenters. The van der Waals surface area contributed by atoms with Crippen molar-refractivity contribution in [3.63, 3.8) is 0 Å². The number of nitrogens with zero attached hydrogens (tertiary/aromatic N) is 2. The van der Waals surface area contributed by atoms with Crippen LogP contribution < -0.4 is 10.6 Å². The third-order valence-corrected chi connectivity index (χ3v) is 6.94. The van der Waals surface area contributed by atoms with Crippen molar-refractivity contribution in [2.45, 2.75) is 57.7 Å². The number of ketones is 1. The van der Waals surface area contributed by atoms with Gasteiger partial charge < -0.3 is 10.6 Å². The molecule has 1 fully saturated rings. The average molecular weight is 499 g/mol. The van der Waals surface area contributed by atoms with Gasteiger partial charge in [0, 0.05) is 24.1 Å². The highest BCUT2D eigenvalue weighted by molar-refractivity contribution is 6.28. The monoisotopic (exact) mass is 498 g/mol. The highest BCUT2D eigenvalue weighted by atomic mass is 35.5. The third-order valence-electron chi connectivity index (χ3n) is 6.77. The van der Waals surface area contributed by atoms with Crippen LogP contribution in [0.3, 0.4) is 0 Å². The van der Waals surface area contributed by atoms with Crippen LogP contribution in [0.4, 0.5) is 23.4 Å². The van der Waals surface area contributed by atoms with Crippen molar-refractivity contribution in [3.8, 4) is 0 Å². The molecule has 2 N–H and O–H groups in total. The van der Waals surface area contributed by atoms with Crippen LogP contribution >= 0.6 is 11.6 Å². The molecule has 2 aromatic rings. The fourth-order valence-corrected chi connectivity index (χ4v) is 5.10. The molecule has 1 aromatic carbocycles. The van der Waals surface area contributed by atoms with Gasteiger partial charge >= 0.3 is 0 Å². The molecule has 0 amide bonds. The van der Waals surface area contributed by atoms with Crippen LogP contribution in [0.15, 0.2) is 18.2 Å². The van der Waals surface area contributed by atoms with Gasteiger partial charge in [-0.3, -0.25) is 4.79 Å². The molecule has 0 saturated carbocycles. The van der Waals surface area contributed by atoms with Gasteiger partial charge in [0.2, 0.25) is 5.28 Å². The quantitative estimate of drug-likeness (QED) is 0.377. The number of anilines is 1. The summed E-state index contributed by atoms with van der Waals surface area (Å²) in [5.74, 6) is -0.983. The zero-order valence-corrected chi connectivity index (χ0v) is 19.5. The van der Waals surface area contributed by atoms with Crippen LogP contribution in [-0.2, 0) is 17.6 Å². The Balaban J connectivity index is 1.44. The van der Waals surface area contributed by atoms with Crippen LogP contribution in [0.1, 0.15) is 61.0 Å². The number of carbonyl (C=O) groups is 1. The second kappa shape index (κ2) is 10.6. The number of alkyl halides is 3. The van der Waals surface area contributed by atoms with Crippen molar-refractivity contribution in [1.29, 1.82) is 0 Å². The molecule has 0 bridgehead atoms. The van der Waals surface area contributed by atoms with E-state index in [1.54, 1.807) is 6.92 Å². The highest BCUT2D eigenvalue weighted by Gasteiger charge is 2.33. The Kier molecular flexibility index (Phi) is 7.72. The summed E-state index contributed by atoms with van der Waals surface area (Å²) in [6.45, 7) is 2.52. The Hall–Kier alpha value is -2.26. The van der Waals surface area contributed by atoms with Gasteiger partial charge in [0.1, 0.15) is 23.6 Å². The Morgan fingerprint density at radius 3 is 2.76 bits per heavy atom. The topological polar surface area (TPSA) is 66.9 Å². The van der Waals surface area contributed by atoms with Gasteiger partial charge in [-0.15, -0.1) is 0 Å². The normalized spacial score (nSPS) is 23.1. The predicted molar refractivity (Wildman–Crippen MR) is 121 cm³/mol. The summed E-state index contributed by atoms with van der Waals surface area (Å²) in [5, 5.41) is 6.09. The zero-order chi connectivity index (χ0) is 24.4. The summed E-state index contributed by atoms with van der Waals surface area (Å²) >= 11 is 6.11. The molecule has 1 saturated heterocycles. The number of carbonyl (C=O) groups excluding carboxylic acids is 1. The number of benzene rings is 1. The van der Waals surface area contributed by atoms with Crippen LogP contribution in [0.25, 0.3) is 0 Å². The molecule has 184 valence electrons. The maximum absolute atomic E-state index is 14.6. The number of Topliss-reactive ketones (excluding diaryl/α,β-unsaturated/α-hetero) is 1. The molecule has 2 aliphatic rings. The van der Waals surface area contributed by atoms with Crippen molar-refractivity contribution >= 4 is 23.2 Å². The minimum atomic E-state index is -2.91. The average Bonchev–Trinajstić information content (AvgIpc) is 3.20. The first-order valence-corrected chi connectivity index (χ1v) is 11.9. The molecule has 34 heavy (non-hydrogen) atoms. The van der Waals surface area contributed by atoms with Gasteiger partial charge in [-0.25, -0.2) is 27.5 Å². The zero-order valence-electron chi connectivity index (χ0n) is 18.8. The summed E-state index contributed by atoms with van der Waals surface area (Å²) in [6, 6.07) is 3.27. The van der Waals surface area contributed by atoms with Gasteiger partial charge in [-0.05, 0) is 56.7 Å². The lowest BCUT2D eigenvalue weighted by Gasteiger charge is -2.25. The smallest absolute Gasteiger partial charge is 0.266 e. The van der Waals surface area contributed by atoms with E-state index >= 15 is 0 Å². The first-order chi connectivity index (χ1) is 16.2. The Morgan fingerprint density at radius 1 is 1.26 bits per heavy atom. The fraction of sp³-hybridized carbons (Fsp3) is 0.542. The summed E-state index contributed by atoms with van der Waals surface area (Å²) in [4.78, 5) is 21.1. The van der Waals surface area contributed by atoms with Crippen LogP contribution in [-0.4, -0.2) is 35.0 Å². The molecular weight excluding hydrogens is 472 g/mol. The molecule has 0 radical (unpaired) electrons. The molecule has 1 aliphatic carbocycles. The van der Waals surface area contributed by atoms with Gasteiger partial charge in [-0.2, -0.15) is 0 Å². The summed E-state index contributed by atoms with van der Waals surface area (Å²) < 4.78 is 54.9. The van der Waals surface area contributed by atoms with Gasteiger partial charge in [0.25, 0.3) is 6.43 Å². The Bertz CT molecular complexity index is 1050.